The summed E-state index contributed by atoms with van der Waals surface area (Å²) in [5.41, 5.74) is -0.248. The Balaban J connectivity index is 2.96. The van der Waals surface area contributed by atoms with E-state index in [0.717, 1.165) is 3.57 Å². The van der Waals surface area contributed by atoms with E-state index < -0.39 is 23.3 Å². The first-order valence-corrected chi connectivity index (χ1v) is 7.20. The van der Waals surface area contributed by atoms with E-state index in [1.807, 2.05) is 43.4 Å². The second-order valence-corrected chi connectivity index (χ2v) is 6.90. The quantitative estimate of drug-likeness (QED) is 0.689. The monoisotopic (exact) mass is 391 g/mol. The zero-order chi connectivity index (χ0) is 15.5. The molecule has 20 heavy (non-hydrogen) atoms. The number of carbonyl (C=O) groups excluding carboxylic acids is 1. The normalized spacial score (nSPS) is 12.8. The zero-order valence-corrected chi connectivity index (χ0v) is 13.8. The van der Waals surface area contributed by atoms with Gasteiger partial charge in [0.2, 0.25) is 0 Å². The van der Waals surface area contributed by atoms with Crippen molar-refractivity contribution in [2.75, 3.05) is 0 Å². The Morgan fingerprint density at radius 1 is 1.35 bits per heavy atom. The molecule has 3 N–H and O–H groups in total. The highest BCUT2D eigenvalue weighted by atomic mass is 127. The predicted octanol–water partition coefficient (Wildman–Crippen LogP) is 2.62. The molecule has 1 aromatic rings. The van der Waals surface area contributed by atoms with Crippen molar-refractivity contribution < 1.29 is 19.8 Å². The van der Waals surface area contributed by atoms with Crippen LogP contribution in [0.25, 0.3) is 0 Å². The Morgan fingerprint density at radius 3 is 2.45 bits per heavy atom. The summed E-state index contributed by atoms with van der Waals surface area (Å²) >= 11 is 2.04. The van der Waals surface area contributed by atoms with Gasteiger partial charge in [0.25, 0.3) is 5.91 Å². The van der Waals surface area contributed by atoms with E-state index in [0.29, 0.717) is 0 Å². The number of nitrogens with one attached hydrogen (secondary N) is 1. The molecule has 0 aromatic heterocycles. The van der Waals surface area contributed by atoms with Crippen molar-refractivity contribution in [1.82, 2.24) is 5.32 Å². The number of aliphatic carboxylic acids is 1. The van der Waals surface area contributed by atoms with Gasteiger partial charge < -0.3 is 15.5 Å². The van der Waals surface area contributed by atoms with E-state index >= 15 is 0 Å². The minimum atomic E-state index is -0.975. The predicted molar refractivity (Wildman–Crippen MR) is 83.8 cm³/mol. The lowest BCUT2D eigenvalue weighted by molar-refractivity contribution is -0.138. The molecular weight excluding hydrogens is 373 g/mol. The number of aromatic hydroxyl groups is 1. The molecule has 1 amide bonds. The van der Waals surface area contributed by atoms with Gasteiger partial charge in [0.15, 0.2) is 0 Å². The molecule has 0 aliphatic carbocycles. The lowest BCUT2D eigenvalue weighted by atomic mass is 9.84. The number of hydrogen-bond acceptors (Lipinski definition) is 3. The summed E-state index contributed by atoms with van der Waals surface area (Å²) in [5, 5.41) is 21.3. The number of benzene rings is 1. The number of carboxylic acids is 1. The van der Waals surface area contributed by atoms with Crippen LogP contribution in [0.4, 0.5) is 0 Å². The third kappa shape index (κ3) is 4.66. The Kier molecular flexibility index (Phi) is 5.38. The summed E-state index contributed by atoms with van der Waals surface area (Å²) in [6, 6.07) is 4.17. The number of hydrogen-bond donors (Lipinski definition) is 3. The van der Waals surface area contributed by atoms with Crippen molar-refractivity contribution in [3.05, 3.63) is 27.3 Å². The van der Waals surface area contributed by atoms with Crippen LogP contribution in [0.1, 0.15) is 37.6 Å². The van der Waals surface area contributed by atoms with Crippen LogP contribution >= 0.6 is 22.6 Å². The molecular formula is C14H18INO4. The lowest BCUT2D eigenvalue weighted by Gasteiger charge is -2.30. The van der Waals surface area contributed by atoms with Gasteiger partial charge in [-0.15, -0.1) is 0 Å². The van der Waals surface area contributed by atoms with Crippen LogP contribution in [0.2, 0.25) is 0 Å². The first kappa shape index (κ1) is 16.7. The van der Waals surface area contributed by atoms with Crippen LogP contribution in [0.3, 0.4) is 0 Å². The standard InChI is InChI=1S/C14H18INO4/c1-14(2,3)11(7-12(18)19)16-13(20)9-6-8(15)4-5-10(9)17/h4-6,11,17H,7H2,1-3H3,(H,16,20)(H,18,19). The second kappa shape index (κ2) is 6.43. The molecule has 110 valence electrons. The van der Waals surface area contributed by atoms with Crippen molar-refractivity contribution in [3.63, 3.8) is 0 Å². The summed E-state index contributed by atoms with van der Waals surface area (Å²) in [7, 11) is 0. The van der Waals surface area contributed by atoms with Gasteiger partial charge in [0, 0.05) is 9.61 Å². The molecule has 6 heteroatoms. The van der Waals surface area contributed by atoms with Crippen LogP contribution in [-0.2, 0) is 4.79 Å². The van der Waals surface area contributed by atoms with Crippen molar-refractivity contribution in [2.45, 2.75) is 33.2 Å². The van der Waals surface area contributed by atoms with Crippen LogP contribution in [0.5, 0.6) is 5.75 Å². The lowest BCUT2D eigenvalue weighted by Crippen LogP contribution is -2.45. The number of carbonyl (C=O) groups is 2. The molecule has 1 atom stereocenters. The van der Waals surface area contributed by atoms with Gasteiger partial charge in [-0.2, -0.15) is 0 Å². The Labute approximate surface area is 131 Å². The minimum Gasteiger partial charge on any atom is -0.507 e. The molecule has 0 saturated carbocycles. The molecule has 1 unspecified atom stereocenters. The van der Waals surface area contributed by atoms with E-state index in [2.05, 4.69) is 5.32 Å². The number of rotatable bonds is 4. The first-order valence-electron chi connectivity index (χ1n) is 6.12. The highest BCUT2D eigenvalue weighted by Gasteiger charge is 2.29. The highest BCUT2D eigenvalue weighted by Crippen LogP contribution is 2.24. The van der Waals surface area contributed by atoms with Crippen molar-refractivity contribution in [1.29, 1.82) is 0 Å². The van der Waals surface area contributed by atoms with E-state index in [-0.39, 0.29) is 17.7 Å². The van der Waals surface area contributed by atoms with Crippen molar-refractivity contribution in [3.8, 4) is 5.75 Å². The van der Waals surface area contributed by atoms with Crippen LogP contribution < -0.4 is 5.32 Å². The maximum absolute atomic E-state index is 12.2. The molecule has 1 aromatic carbocycles. The van der Waals surface area contributed by atoms with Gasteiger partial charge in [-0.1, -0.05) is 20.8 Å². The molecule has 0 radical (unpaired) electrons. The van der Waals surface area contributed by atoms with Crippen molar-refractivity contribution in [2.24, 2.45) is 5.41 Å². The summed E-state index contributed by atoms with van der Waals surface area (Å²) in [6.07, 6.45) is -0.167. The van der Waals surface area contributed by atoms with Gasteiger partial charge >= 0.3 is 5.97 Å². The summed E-state index contributed by atoms with van der Waals surface area (Å²) in [5.74, 6) is -1.56. The van der Waals surface area contributed by atoms with Gasteiger partial charge in [-0.05, 0) is 46.2 Å². The molecule has 0 aliphatic rings. The van der Waals surface area contributed by atoms with Gasteiger partial charge in [-0.3, -0.25) is 9.59 Å². The molecule has 1 rings (SSSR count). The van der Waals surface area contributed by atoms with Crippen molar-refractivity contribution >= 4 is 34.5 Å². The number of phenolic OH excluding ortho intramolecular Hbond substituents is 1. The van der Waals surface area contributed by atoms with E-state index in [4.69, 9.17) is 5.11 Å². The summed E-state index contributed by atoms with van der Waals surface area (Å²) < 4.78 is 0.816. The largest absolute Gasteiger partial charge is 0.507 e. The zero-order valence-electron chi connectivity index (χ0n) is 11.6. The number of amides is 1. The topological polar surface area (TPSA) is 86.6 Å². The van der Waals surface area contributed by atoms with E-state index in [9.17, 15) is 14.7 Å². The molecule has 0 aliphatic heterocycles. The molecule has 0 fully saturated rings. The number of halogens is 1. The Morgan fingerprint density at radius 2 is 1.95 bits per heavy atom. The third-order valence-corrected chi connectivity index (χ3v) is 3.60. The maximum atomic E-state index is 12.2. The smallest absolute Gasteiger partial charge is 0.305 e. The first-order chi connectivity index (χ1) is 9.11. The van der Waals surface area contributed by atoms with Crippen LogP contribution in [0.15, 0.2) is 18.2 Å². The average Bonchev–Trinajstić information content (AvgIpc) is 2.29. The molecule has 0 saturated heterocycles. The van der Waals surface area contributed by atoms with E-state index in [1.165, 1.54) is 6.07 Å². The Hall–Kier alpha value is -1.31. The fourth-order valence-electron chi connectivity index (χ4n) is 1.67. The van der Waals surface area contributed by atoms with Gasteiger partial charge in [0.05, 0.1) is 12.0 Å². The minimum absolute atomic E-state index is 0.120. The fourth-order valence-corrected chi connectivity index (χ4v) is 2.17. The van der Waals surface area contributed by atoms with Gasteiger partial charge in [0.1, 0.15) is 5.75 Å². The number of phenols is 1. The van der Waals surface area contributed by atoms with E-state index in [1.54, 1.807) is 12.1 Å². The van der Waals surface area contributed by atoms with Crippen LogP contribution in [-0.4, -0.2) is 28.1 Å². The Bertz CT molecular complexity index is 522. The number of carboxylic acid groups (broad SMARTS) is 1. The fraction of sp³-hybridized carbons (Fsp3) is 0.429. The molecule has 5 nitrogen and oxygen atoms in total. The average molecular weight is 391 g/mol. The molecule has 0 bridgehead atoms. The molecule has 0 spiro atoms. The SMILES string of the molecule is CC(C)(C)C(CC(=O)O)NC(=O)c1cc(I)ccc1O. The summed E-state index contributed by atoms with van der Waals surface area (Å²) in [4.78, 5) is 23.1. The summed E-state index contributed by atoms with van der Waals surface area (Å²) in [6.45, 7) is 5.57. The molecule has 0 heterocycles. The third-order valence-electron chi connectivity index (χ3n) is 2.93. The maximum Gasteiger partial charge on any atom is 0.305 e. The van der Waals surface area contributed by atoms with Gasteiger partial charge in [-0.25, -0.2) is 0 Å². The van der Waals surface area contributed by atoms with Crippen LogP contribution in [0, 0.1) is 8.99 Å². The second-order valence-electron chi connectivity index (χ2n) is 5.65. The highest BCUT2D eigenvalue weighted by molar-refractivity contribution is 14.1.